The molecular formula is C7H11FO3. The Labute approximate surface area is 64.2 Å². The zero-order chi connectivity index (χ0) is 8.27. The predicted octanol–water partition coefficient (Wildman–Crippen LogP) is 0.693. The second-order valence-electron chi connectivity index (χ2n) is 2.72. The number of halogens is 1. The summed E-state index contributed by atoms with van der Waals surface area (Å²) in [6.45, 7) is 0.165. The molecule has 0 radical (unpaired) electrons. The number of carbonyl (C=O) groups is 1. The van der Waals surface area contributed by atoms with Gasteiger partial charge in [0.2, 0.25) is 0 Å². The Morgan fingerprint density at radius 3 is 2.91 bits per heavy atom. The predicted molar refractivity (Wildman–Crippen MR) is 36.0 cm³/mol. The maximum atomic E-state index is 11.8. The molecule has 2 atom stereocenters. The van der Waals surface area contributed by atoms with Crippen LogP contribution in [0.25, 0.3) is 0 Å². The van der Waals surface area contributed by atoms with Crippen molar-refractivity contribution >= 4 is 5.97 Å². The van der Waals surface area contributed by atoms with Crippen molar-refractivity contribution in [2.24, 2.45) is 11.8 Å². The van der Waals surface area contributed by atoms with Gasteiger partial charge in [0.1, 0.15) is 0 Å². The number of hydrogen-bond acceptors (Lipinski definition) is 2. The standard InChI is InChI=1S/C7H11FO3/c8-2-1-5-3-11-4-6(5)7(9)10/h5-6H,1-4H2,(H,9,10). The Morgan fingerprint density at radius 1 is 1.64 bits per heavy atom. The van der Waals surface area contributed by atoms with Crippen LogP contribution in [0.1, 0.15) is 6.42 Å². The van der Waals surface area contributed by atoms with Crippen LogP contribution in [-0.2, 0) is 9.53 Å². The van der Waals surface area contributed by atoms with E-state index in [-0.39, 0.29) is 12.5 Å². The number of hydrogen-bond donors (Lipinski definition) is 1. The van der Waals surface area contributed by atoms with Gasteiger partial charge in [0.05, 0.1) is 25.8 Å². The molecule has 0 bridgehead atoms. The van der Waals surface area contributed by atoms with Gasteiger partial charge in [0, 0.05) is 5.92 Å². The molecule has 0 aromatic heterocycles. The highest BCUT2D eigenvalue weighted by Crippen LogP contribution is 2.23. The lowest BCUT2D eigenvalue weighted by Gasteiger charge is -2.09. The third-order valence-corrected chi connectivity index (χ3v) is 2.00. The van der Waals surface area contributed by atoms with Crippen LogP contribution in [0.15, 0.2) is 0 Å². The van der Waals surface area contributed by atoms with Crippen LogP contribution >= 0.6 is 0 Å². The number of ether oxygens (including phenoxy) is 1. The second-order valence-corrected chi connectivity index (χ2v) is 2.72. The minimum absolute atomic E-state index is 0.127. The van der Waals surface area contributed by atoms with Crippen molar-refractivity contribution in [3.05, 3.63) is 0 Å². The maximum absolute atomic E-state index is 11.8. The van der Waals surface area contributed by atoms with E-state index < -0.39 is 18.6 Å². The van der Waals surface area contributed by atoms with Gasteiger partial charge in [-0.05, 0) is 6.42 Å². The second kappa shape index (κ2) is 3.67. The molecule has 1 N–H and O–H groups in total. The summed E-state index contributed by atoms with van der Waals surface area (Å²) in [7, 11) is 0. The molecule has 4 heteroatoms. The van der Waals surface area contributed by atoms with Crippen LogP contribution in [0.3, 0.4) is 0 Å². The lowest BCUT2D eigenvalue weighted by molar-refractivity contribution is -0.142. The molecule has 64 valence electrons. The Balaban J connectivity index is 2.44. The molecule has 11 heavy (non-hydrogen) atoms. The number of carboxylic acid groups (broad SMARTS) is 1. The number of rotatable bonds is 3. The fourth-order valence-electron chi connectivity index (χ4n) is 1.30. The van der Waals surface area contributed by atoms with Gasteiger partial charge < -0.3 is 9.84 Å². The Kier molecular flexibility index (Phi) is 2.82. The van der Waals surface area contributed by atoms with Gasteiger partial charge in [-0.2, -0.15) is 0 Å². The highest BCUT2D eigenvalue weighted by molar-refractivity contribution is 5.70. The molecule has 0 spiro atoms. The number of alkyl halides is 1. The first-order valence-electron chi connectivity index (χ1n) is 3.62. The average Bonchev–Trinajstić information content (AvgIpc) is 2.36. The van der Waals surface area contributed by atoms with E-state index in [4.69, 9.17) is 9.84 Å². The maximum Gasteiger partial charge on any atom is 0.309 e. The first kappa shape index (κ1) is 8.46. The molecule has 0 saturated carbocycles. The molecule has 1 aliphatic rings. The van der Waals surface area contributed by atoms with Gasteiger partial charge in [-0.1, -0.05) is 0 Å². The smallest absolute Gasteiger partial charge is 0.309 e. The first-order valence-corrected chi connectivity index (χ1v) is 3.62. The van der Waals surface area contributed by atoms with E-state index in [1.165, 1.54) is 0 Å². The highest BCUT2D eigenvalue weighted by atomic mass is 19.1. The zero-order valence-corrected chi connectivity index (χ0v) is 6.12. The van der Waals surface area contributed by atoms with E-state index in [1.54, 1.807) is 0 Å². The molecule has 2 unspecified atom stereocenters. The van der Waals surface area contributed by atoms with Crippen LogP contribution in [0.2, 0.25) is 0 Å². The third kappa shape index (κ3) is 1.89. The fraction of sp³-hybridized carbons (Fsp3) is 0.857. The Morgan fingerprint density at radius 2 is 2.36 bits per heavy atom. The Bertz CT molecular complexity index is 149. The number of carboxylic acids is 1. The summed E-state index contributed by atoms with van der Waals surface area (Å²) >= 11 is 0. The van der Waals surface area contributed by atoms with E-state index in [9.17, 15) is 9.18 Å². The molecule has 3 nitrogen and oxygen atoms in total. The van der Waals surface area contributed by atoms with Gasteiger partial charge in [0.15, 0.2) is 0 Å². The Hall–Kier alpha value is -0.640. The normalized spacial score (nSPS) is 30.6. The topological polar surface area (TPSA) is 46.5 Å². The lowest BCUT2D eigenvalue weighted by atomic mass is 9.94. The van der Waals surface area contributed by atoms with Crippen molar-refractivity contribution in [3.8, 4) is 0 Å². The summed E-state index contributed by atoms with van der Waals surface area (Å²) < 4.78 is 16.8. The largest absolute Gasteiger partial charge is 0.481 e. The zero-order valence-electron chi connectivity index (χ0n) is 6.12. The lowest BCUT2D eigenvalue weighted by Crippen LogP contribution is -2.22. The average molecular weight is 162 g/mol. The summed E-state index contributed by atoms with van der Waals surface area (Å²) in [6.07, 6.45) is 0.303. The molecule has 0 amide bonds. The van der Waals surface area contributed by atoms with Crippen molar-refractivity contribution in [2.45, 2.75) is 6.42 Å². The molecule has 0 aliphatic carbocycles. The van der Waals surface area contributed by atoms with Crippen molar-refractivity contribution in [1.82, 2.24) is 0 Å². The van der Waals surface area contributed by atoms with Gasteiger partial charge in [-0.25, -0.2) is 0 Å². The van der Waals surface area contributed by atoms with E-state index >= 15 is 0 Å². The molecule has 1 rings (SSSR count). The van der Waals surface area contributed by atoms with E-state index in [1.807, 2.05) is 0 Å². The van der Waals surface area contributed by atoms with Crippen LogP contribution in [0, 0.1) is 11.8 Å². The highest BCUT2D eigenvalue weighted by Gasteiger charge is 2.33. The van der Waals surface area contributed by atoms with Crippen molar-refractivity contribution in [2.75, 3.05) is 19.9 Å². The van der Waals surface area contributed by atoms with Gasteiger partial charge in [0.25, 0.3) is 0 Å². The molecular weight excluding hydrogens is 151 g/mol. The van der Waals surface area contributed by atoms with Crippen molar-refractivity contribution in [3.63, 3.8) is 0 Å². The minimum atomic E-state index is -0.874. The van der Waals surface area contributed by atoms with Crippen molar-refractivity contribution < 1.29 is 19.0 Å². The molecule has 0 aromatic carbocycles. The fourth-order valence-corrected chi connectivity index (χ4v) is 1.30. The SMILES string of the molecule is O=C(O)C1COCC1CCF. The number of aliphatic carboxylic acids is 1. The van der Waals surface area contributed by atoms with E-state index in [2.05, 4.69) is 0 Å². The van der Waals surface area contributed by atoms with Gasteiger partial charge >= 0.3 is 5.97 Å². The molecule has 1 heterocycles. The van der Waals surface area contributed by atoms with E-state index in [0.29, 0.717) is 13.0 Å². The molecule has 1 saturated heterocycles. The minimum Gasteiger partial charge on any atom is -0.481 e. The monoisotopic (exact) mass is 162 g/mol. The first-order chi connectivity index (χ1) is 5.25. The van der Waals surface area contributed by atoms with Gasteiger partial charge in [-0.15, -0.1) is 0 Å². The van der Waals surface area contributed by atoms with Crippen LogP contribution < -0.4 is 0 Å². The molecule has 1 aliphatic heterocycles. The van der Waals surface area contributed by atoms with Gasteiger partial charge in [-0.3, -0.25) is 9.18 Å². The summed E-state index contributed by atoms with van der Waals surface area (Å²) in [5.74, 6) is -1.50. The summed E-state index contributed by atoms with van der Waals surface area (Å²) in [5.41, 5.74) is 0. The van der Waals surface area contributed by atoms with Crippen LogP contribution in [0.4, 0.5) is 4.39 Å². The van der Waals surface area contributed by atoms with Crippen LogP contribution in [0.5, 0.6) is 0 Å². The summed E-state index contributed by atoms with van der Waals surface area (Å²) in [5, 5.41) is 8.61. The van der Waals surface area contributed by atoms with Crippen molar-refractivity contribution in [1.29, 1.82) is 0 Å². The summed E-state index contributed by atoms with van der Waals surface area (Å²) in [4.78, 5) is 10.5. The molecule has 0 aromatic rings. The molecule has 1 fully saturated rings. The third-order valence-electron chi connectivity index (χ3n) is 2.00. The quantitative estimate of drug-likeness (QED) is 0.664. The summed E-state index contributed by atoms with van der Waals surface area (Å²) in [6, 6.07) is 0. The van der Waals surface area contributed by atoms with E-state index in [0.717, 1.165) is 0 Å². The van der Waals surface area contributed by atoms with Crippen LogP contribution in [-0.4, -0.2) is 31.0 Å².